The number of anilines is 4. The van der Waals surface area contributed by atoms with Gasteiger partial charge in [-0.2, -0.15) is 0 Å². The van der Waals surface area contributed by atoms with Gasteiger partial charge in [0.15, 0.2) is 0 Å². The van der Waals surface area contributed by atoms with Crippen LogP contribution in [0, 0.1) is 5.82 Å². The molecule has 5 heterocycles. The van der Waals surface area contributed by atoms with Crippen LogP contribution in [0.25, 0.3) is 10.9 Å². The molecule has 8 rings (SSSR count). The minimum Gasteiger partial charge on any atom is -0.494 e. The highest BCUT2D eigenvalue weighted by Gasteiger charge is 2.40. The zero-order chi connectivity index (χ0) is 44.7. The summed E-state index contributed by atoms with van der Waals surface area (Å²) in [5, 5.41) is 12.5. The number of likely N-dealkylation sites (tertiary alicyclic amines) is 1. The van der Waals surface area contributed by atoms with Gasteiger partial charge in [0.05, 0.1) is 23.3 Å². The average molecular weight is 895 g/mol. The van der Waals surface area contributed by atoms with Crippen LogP contribution >= 0.6 is 11.6 Å². The molecule has 1 aromatic heterocycles. The van der Waals surface area contributed by atoms with E-state index in [0.29, 0.717) is 77.9 Å². The molecule has 3 aromatic carbocycles. The molecular weight excluding hydrogens is 843 g/mol. The summed E-state index contributed by atoms with van der Waals surface area (Å²) in [6.45, 7) is 6.59. The first kappa shape index (κ1) is 44.4. The molecule has 3 saturated heterocycles. The number of piperidine rings is 2. The standard InChI is InChI=1S/C46H52ClFN10O6/c1-64-40-26-37-32(44(51-28-50-37)52-29-10-11-35(48)34(47)24-29)25-38(40)53-41(59)8-5-17-55-18-14-30(15-19-55)56-20-22-57(23-21-56)43(61)9-2-3-16-49-36-7-4-6-31-33(36)27-58(46(31)63)39-12-13-42(60)54-45(39)62/h4-8,10-11,24-26,28,30,39,49H,2-3,9,12-23,27H2,1H3,(H,53,59)(H,50,51,52)(H,54,60,62)/b8-5+. The third-order valence-electron chi connectivity index (χ3n) is 12.5. The molecule has 64 heavy (non-hydrogen) atoms. The number of amides is 5. The SMILES string of the molecule is COc1cc2ncnc(Nc3ccc(F)c(Cl)c3)c2cc1NC(=O)/C=C/CN1CCC(N2CCN(C(=O)CCCCNc3cccc4c3CN(C3CCC(=O)NC3=O)C4=O)CC2)CC1. The second-order valence-corrected chi connectivity index (χ2v) is 16.9. The number of aromatic nitrogens is 2. The molecule has 0 bridgehead atoms. The Morgan fingerprint density at radius 1 is 0.969 bits per heavy atom. The van der Waals surface area contributed by atoms with Gasteiger partial charge in [0.25, 0.3) is 5.91 Å². The van der Waals surface area contributed by atoms with Crippen molar-refractivity contribution in [2.24, 2.45) is 0 Å². The number of hydrogen-bond acceptors (Lipinski definition) is 12. The molecule has 336 valence electrons. The van der Waals surface area contributed by atoms with Crippen LogP contribution < -0.4 is 26.0 Å². The number of ether oxygens (including phenoxy) is 1. The Morgan fingerprint density at radius 3 is 2.55 bits per heavy atom. The van der Waals surface area contributed by atoms with Crippen molar-refractivity contribution >= 4 is 74.9 Å². The number of nitrogens with zero attached hydrogens (tertiary/aromatic N) is 6. The predicted molar refractivity (Wildman–Crippen MR) is 241 cm³/mol. The van der Waals surface area contributed by atoms with Crippen LogP contribution in [0.4, 0.5) is 27.3 Å². The fraction of sp³-hybridized carbons (Fsp3) is 0.413. The molecule has 4 N–H and O–H groups in total. The van der Waals surface area contributed by atoms with Gasteiger partial charge in [-0.1, -0.05) is 23.7 Å². The number of unbranched alkanes of at least 4 members (excludes halogenated alkanes) is 1. The molecule has 3 fully saturated rings. The Balaban J connectivity index is 0.727. The zero-order valence-electron chi connectivity index (χ0n) is 35.7. The third-order valence-corrected chi connectivity index (χ3v) is 12.8. The van der Waals surface area contributed by atoms with Crippen LogP contribution in [0.2, 0.25) is 5.02 Å². The normalized spacial score (nSPS) is 18.7. The number of hydrogen-bond donors (Lipinski definition) is 4. The lowest BCUT2D eigenvalue weighted by atomic mass is 10.0. The molecule has 0 spiro atoms. The van der Waals surface area contributed by atoms with E-state index in [-0.39, 0.29) is 35.1 Å². The third kappa shape index (κ3) is 10.3. The van der Waals surface area contributed by atoms with Crippen LogP contribution in [0.5, 0.6) is 5.75 Å². The summed E-state index contributed by atoms with van der Waals surface area (Å²) in [5.41, 5.74) is 3.86. The molecule has 5 amide bonds. The minimum atomic E-state index is -0.653. The first-order chi connectivity index (χ1) is 31.0. The van der Waals surface area contributed by atoms with Crippen LogP contribution in [-0.4, -0.2) is 131 Å². The number of nitrogens with one attached hydrogen (secondary N) is 4. The summed E-state index contributed by atoms with van der Waals surface area (Å²) in [7, 11) is 1.52. The second-order valence-electron chi connectivity index (χ2n) is 16.5. The summed E-state index contributed by atoms with van der Waals surface area (Å²) in [4.78, 5) is 80.5. The molecule has 4 aromatic rings. The van der Waals surface area contributed by atoms with Crippen molar-refractivity contribution in [2.75, 3.05) is 75.4 Å². The Labute approximate surface area is 375 Å². The molecule has 16 nitrogen and oxygen atoms in total. The lowest BCUT2D eigenvalue weighted by Crippen LogP contribution is -2.54. The van der Waals surface area contributed by atoms with Crippen LogP contribution in [0.15, 0.2) is 67.0 Å². The molecule has 1 unspecified atom stereocenters. The van der Waals surface area contributed by atoms with Gasteiger partial charge < -0.3 is 30.5 Å². The number of carbonyl (C=O) groups is 5. The molecule has 1 atom stereocenters. The summed E-state index contributed by atoms with van der Waals surface area (Å²) in [6, 6.07) is 13.1. The molecule has 4 aliphatic heterocycles. The monoisotopic (exact) mass is 894 g/mol. The zero-order valence-corrected chi connectivity index (χ0v) is 36.5. The topological polar surface area (TPSA) is 181 Å². The van der Waals surface area contributed by atoms with E-state index in [0.717, 1.165) is 76.2 Å². The summed E-state index contributed by atoms with van der Waals surface area (Å²) >= 11 is 5.97. The van der Waals surface area contributed by atoms with Gasteiger partial charge in [-0.3, -0.25) is 39.1 Å². The highest BCUT2D eigenvalue weighted by Crippen LogP contribution is 2.35. The molecule has 0 aliphatic carbocycles. The predicted octanol–water partition coefficient (Wildman–Crippen LogP) is 5.32. The maximum atomic E-state index is 13.7. The first-order valence-electron chi connectivity index (χ1n) is 21.8. The Morgan fingerprint density at radius 2 is 1.78 bits per heavy atom. The Hall–Kier alpha value is -6.17. The Kier molecular flexibility index (Phi) is 14.0. The van der Waals surface area contributed by atoms with Crippen LogP contribution in [-0.2, 0) is 25.7 Å². The van der Waals surface area contributed by atoms with E-state index < -0.39 is 17.8 Å². The van der Waals surface area contributed by atoms with E-state index in [2.05, 4.69) is 41.0 Å². The number of rotatable bonds is 15. The van der Waals surface area contributed by atoms with E-state index in [1.165, 1.54) is 31.6 Å². The van der Waals surface area contributed by atoms with Crippen molar-refractivity contribution in [1.82, 2.24) is 34.9 Å². The van der Waals surface area contributed by atoms with E-state index in [1.807, 2.05) is 23.1 Å². The minimum absolute atomic E-state index is 0.0209. The molecule has 0 radical (unpaired) electrons. The van der Waals surface area contributed by atoms with Crippen molar-refractivity contribution in [1.29, 1.82) is 0 Å². The number of benzene rings is 3. The number of carbonyl (C=O) groups excluding carboxylic acids is 5. The quantitative estimate of drug-likeness (QED) is 0.0687. The smallest absolute Gasteiger partial charge is 0.255 e. The average Bonchev–Trinajstić information content (AvgIpc) is 3.63. The van der Waals surface area contributed by atoms with Gasteiger partial charge in [0.2, 0.25) is 23.6 Å². The van der Waals surface area contributed by atoms with Gasteiger partial charge in [0.1, 0.15) is 29.8 Å². The fourth-order valence-electron chi connectivity index (χ4n) is 8.98. The number of fused-ring (bicyclic) bond motifs is 2. The Bertz CT molecular complexity index is 2460. The summed E-state index contributed by atoms with van der Waals surface area (Å²) < 4.78 is 19.3. The van der Waals surface area contributed by atoms with Crippen molar-refractivity contribution in [3.05, 3.63) is 89.0 Å². The lowest BCUT2D eigenvalue weighted by molar-refractivity contribution is -0.137. The highest BCUT2D eigenvalue weighted by molar-refractivity contribution is 6.31. The van der Waals surface area contributed by atoms with Crippen LogP contribution in [0.1, 0.15) is 60.9 Å². The molecular formula is C46H52ClFN10O6. The fourth-order valence-corrected chi connectivity index (χ4v) is 9.16. The maximum Gasteiger partial charge on any atom is 0.255 e. The van der Waals surface area contributed by atoms with Crippen molar-refractivity contribution in [2.45, 2.75) is 63.6 Å². The van der Waals surface area contributed by atoms with E-state index in [4.69, 9.17) is 16.3 Å². The van der Waals surface area contributed by atoms with E-state index in [9.17, 15) is 28.4 Å². The van der Waals surface area contributed by atoms with Crippen molar-refractivity contribution in [3.8, 4) is 5.75 Å². The largest absolute Gasteiger partial charge is 0.494 e. The van der Waals surface area contributed by atoms with Gasteiger partial charge >= 0.3 is 0 Å². The molecule has 4 aliphatic rings. The van der Waals surface area contributed by atoms with Crippen LogP contribution in [0.3, 0.4) is 0 Å². The number of piperazine rings is 1. The number of imide groups is 1. The highest BCUT2D eigenvalue weighted by atomic mass is 35.5. The van der Waals surface area contributed by atoms with Gasteiger partial charge in [0, 0.05) is 105 Å². The number of methoxy groups -OCH3 is 1. The summed E-state index contributed by atoms with van der Waals surface area (Å²) in [5.74, 6) is -0.683. The second kappa shape index (κ2) is 20.1. The summed E-state index contributed by atoms with van der Waals surface area (Å²) in [6.07, 6.45) is 9.41. The van der Waals surface area contributed by atoms with Gasteiger partial charge in [-0.25, -0.2) is 14.4 Å². The molecule has 0 saturated carbocycles. The number of halogens is 2. The van der Waals surface area contributed by atoms with Gasteiger partial charge in [-0.15, -0.1) is 0 Å². The lowest BCUT2D eigenvalue weighted by Gasteiger charge is -2.42. The molecule has 18 heteroatoms. The first-order valence-corrected chi connectivity index (χ1v) is 22.2. The van der Waals surface area contributed by atoms with Gasteiger partial charge in [-0.05, 0) is 81.6 Å². The van der Waals surface area contributed by atoms with E-state index in [1.54, 1.807) is 29.2 Å². The van der Waals surface area contributed by atoms with E-state index >= 15 is 0 Å². The van der Waals surface area contributed by atoms with Crippen molar-refractivity contribution < 1.29 is 33.1 Å². The van der Waals surface area contributed by atoms with Crippen molar-refractivity contribution in [3.63, 3.8) is 0 Å². The maximum absolute atomic E-state index is 13.7.